The van der Waals surface area contributed by atoms with Gasteiger partial charge in [0.15, 0.2) is 0 Å². The van der Waals surface area contributed by atoms with Crippen molar-refractivity contribution in [2.45, 2.75) is 6.42 Å². The van der Waals surface area contributed by atoms with E-state index in [1.54, 1.807) is 24.3 Å². The second-order valence-electron chi connectivity index (χ2n) is 3.01. The zero-order chi connectivity index (χ0) is 8.39. The molecule has 1 saturated heterocycles. The van der Waals surface area contributed by atoms with Gasteiger partial charge in [-0.25, -0.2) is 0 Å². The third-order valence-corrected chi connectivity index (χ3v) is 3.21. The zero-order valence-corrected chi connectivity index (χ0v) is 7.47. The predicted molar refractivity (Wildman–Crippen MR) is 48.2 cm³/mol. The molecular weight excluding hydrogens is 172 g/mol. The Morgan fingerprint density at radius 2 is 2.58 bits per heavy atom. The summed E-state index contributed by atoms with van der Waals surface area (Å²) in [6.45, 7) is 0. The van der Waals surface area contributed by atoms with Crippen molar-refractivity contribution < 1.29 is 9.21 Å². The molecule has 12 heavy (non-hydrogen) atoms. The Balaban J connectivity index is 1.99. The second-order valence-corrected chi connectivity index (χ2v) is 4.04. The van der Waals surface area contributed by atoms with Gasteiger partial charge in [-0.15, -0.1) is 0 Å². The summed E-state index contributed by atoms with van der Waals surface area (Å²) in [6, 6.07) is 1.93. The van der Waals surface area contributed by atoms with Gasteiger partial charge < -0.3 is 4.42 Å². The summed E-state index contributed by atoms with van der Waals surface area (Å²) < 4.78 is 4.94. The minimum Gasteiger partial charge on any atom is -0.472 e. The van der Waals surface area contributed by atoms with E-state index in [0.717, 1.165) is 17.7 Å². The molecule has 0 aromatic carbocycles. The van der Waals surface area contributed by atoms with E-state index in [-0.39, 0.29) is 5.92 Å². The van der Waals surface area contributed by atoms with Crippen LogP contribution in [0.4, 0.5) is 0 Å². The van der Waals surface area contributed by atoms with Crippen LogP contribution in [0.2, 0.25) is 0 Å². The molecule has 1 aromatic rings. The fraction of sp³-hybridized carbons (Fsp3) is 0.444. The molecule has 1 aliphatic rings. The van der Waals surface area contributed by atoms with E-state index >= 15 is 0 Å². The van der Waals surface area contributed by atoms with Gasteiger partial charge in [0.25, 0.3) is 0 Å². The van der Waals surface area contributed by atoms with Crippen LogP contribution in [0.3, 0.4) is 0 Å². The Morgan fingerprint density at radius 1 is 1.67 bits per heavy atom. The van der Waals surface area contributed by atoms with Crippen molar-refractivity contribution in [1.82, 2.24) is 0 Å². The van der Waals surface area contributed by atoms with Gasteiger partial charge in [-0.2, -0.15) is 11.8 Å². The van der Waals surface area contributed by atoms with Gasteiger partial charge in [0.2, 0.25) is 0 Å². The van der Waals surface area contributed by atoms with Crippen molar-refractivity contribution >= 4 is 17.5 Å². The highest BCUT2D eigenvalue weighted by atomic mass is 32.2. The normalized spacial score (nSPS) is 23.3. The average molecular weight is 182 g/mol. The molecule has 1 atom stereocenters. The summed E-state index contributed by atoms with van der Waals surface area (Å²) in [6.07, 6.45) is 4.22. The molecule has 2 nitrogen and oxygen atoms in total. The summed E-state index contributed by atoms with van der Waals surface area (Å²) in [4.78, 5) is 11.2. The van der Waals surface area contributed by atoms with Gasteiger partial charge in [-0.3, -0.25) is 4.79 Å². The summed E-state index contributed by atoms with van der Waals surface area (Å²) >= 11 is 1.73. The van der Waals surface area contributed by atoms with Crippen LogP contribution in [0.25, 0.3) is 0 Å². The van der Waals surface area contributed by atoms with Crippen LogP contribution in [0.15, 0.2) is 23.0 Å². The van der Waals surface area contributed by atoms with E-state index in [4.69, 9.17) is 4.42 Å². The van der Waals surface area contributed by atoms with Gasteiger partial charge >= 0.3 is 0 Å². The minimum atomic E-state index is 0.229. The number of ketones is 1. The highest BCUT2D eigenvalue weighted by Gasteiger charge is 2.25. The van der Waals surface area contributed by atoms with Gasteiger partial charge in [0.05, 0.1) is 18.3 Å². The standard InChI is InChI=1S/C9H10O2S/c10-9-6-12-5-8(9)3-7-1-2-11-4-7/h1-2,4,8H,3,5-6H2. The van der Waals surface area contributed by atoms with E-state index in [2.05, 4.69) is 0 Å². The van der Waals surface area contributed by atoms with Gasteiger partial charge in [-0.05, 0) is 18.1 Å². The molecule has 0 spiro atoms. The first-order valence-corrected chi connectivity index (χ1v) is 5.13. The fourth-order valence-corrected chi connectivity index (χ4v) is 2.52. The van der Waals surface area contributed by atoms with Crippen LogP contribution in [-0.4, -0.2) is 17.3 Å². The van der Waals surface area contributed by atoms with Crippen LogP contribution >= 0.6 is 11.8 Å². The Bertz CT molecular complexity index is 266. The molecule has 0 bridgehead atoms. The summed E-state index contributed by atoms with van der Waals surface area (Å²) in [5, 5.41) is 0. The van der Waals surface area contributed by atoms with Crippen LogP contribution in [0, 0.1) is 5.92 Å². The smallest absolute Gasteiger partial charge is 0.146 e. The molecule has 1 aromatic heterocycles. The van der Waals surface area contributed by atoms with Crippen molar-refractivity contribution in [3.63, 3.8) is 0 Å². The van der Waals surface area contributed by atoms with Crippen molar-refractivity contribution in [1.29, 1.82) is 0 Å². The largest absolute Gasteiger partial charge is 0.472 e. The first-order chi connectivity index (χ1) is 5.86. The molecular formula is C9H10O2S. The lowest BCUT2D eigenvalue weighted by molar-refractivity contribution is -0.119. The van der Waals surface area contributed by atoms with E-state index < -0.39 is 0 Å². The van der Waals surface area contributed by atoms with Crippen molar-refractivity contribution in [2.75, 3.05) is 11.5 Å². The van der Waals surface area contributed by atoms with Crippen LogP contribution < -0.4 is 0 Å². The highest BCUT2D eigenvalue weighted by molar-refractivity contribution is 8.00. The zero-order valence-electron chi connectivity index (χ0n) is 6.66. The van der Waals surface area contributed by atoms with Crippen LogP contribution in [0.5, 0.6) is 0 Å². The van der Waals surface area contributed by atoms with E-state index in [0.29, 0.717) is 11.5 Å². The molecule has 1 aliphatic heterocycles. The number of carbonyl (C=O) groups excluding carboxylic acids is 1. The molecule has 0 N–H and O–H groups in total. The molecule has 3 heteroatoms. The number of Topliss-reactive ketones (excluding diaryl/α,β-unsaturated/α-hetero) is 1. The first-order valence-electron chi connectivity index (χ1n) is 3.98. The fourth-order valence-electron chi connectivity index (χ4n) is 1.38. The van der Waals surface area contributed by atoms with Crippen molar-refractivity contribution in [3.8, 4) is 0 Å². The maximum absolute atomic E-state index is 11.2. The monoisotopic (exact) mass is 182 g/mol. The summed E-state index contributed by atoms with van der Waals surface area (Å²) in [5.74, 6) is 2.29. The molecule has 2 heterocycles. The number of rotatable bonds is 2. The Morgan fingerprint density at radius 3 is 3.17 bits per heavy atom. The lowest BCUT2D eigenvalue weighted by Gasteiger charge is -2.02. The molecule has 0 saturated carbocycles. The van der Waals surface area contributed by atoms with Gasteiger partial charge in [0, 0.05) is 11.7 Å². The first kappa shape index (κ1) is 7.92. The minimum absolute atomic E-state index is 0.229. The number of hydrogen-bond acceptors (Lipinski definition) is 3. The van der Waals surface area contributed by atoms with E-state index in [1.807, 2.05) is 6.07 Å². The molecule has 0 radical (unpaired) electrons. The second kappa shape index (κ2) is 3.35. The molecule has 0 amide bonds. The maximum atomic E-state index is 11.2. The quantitative estimate of drug-likeness (QED) is 0.698. The Kier molecular flexibility index (Phi) is 2.21. The molecule has 1 unspecified atom stereocenters. The number of carbonyl (C=O) groups is 1. The Hall–Kier alpha value is -0.700. The molecule has 0 aliphatic carbocycles. The third-order valence-electron chi connectivity index (χ3n) is 2.08. The van der Waals surface area contributed by atoms with E-state index in [1.165, 1.54) is 0 Å². The third kappa shape index (κ3) is 1.55. The van der Waals surface area contributed by atoms with Crippen molar-refractivity contribution in [3.05, 3.63) is 24.2 Å². The average Bonchev–Trinajstić information content (AvgIpc) is 2.65. The van der Waals surface area contributed by atoms with Crippen LogP contribution in [0.1, 0.15) is 5.56 Å². The summed E-state index contributed by atoms with van der Waals surface area (Å²) in [5.41, 5.74) is 1.14. The predicted octanol–water partition coefficient (Wildman–Crippen LogP) is 1.75. The summed E-state index contributed by atoms with van der Waals surface area (Å²) in [7, 11) is 0. The highest BCUT2D eigenvalue weighted by Crippen LogP contribution is 2.23. The number of thioether (sulfide) groups is 1. The van der Waals surface area contributed by atoms with Crippen LogP contribution in [-0.2, 0) is 11.2 Å². The number of furan rings is 1. The van der Waals surface area contributed by atoms with Gasteiger partial charge in [-0.1, -0.05) is 0 Å². The topological polar surface area (TPSA) is 30.2 Å². The SMILES string of the molecule is O=C1CSCC1Cc1ccoc1. The van der Waals surface area contributed by atoms with Crippen molar-refractivity contribution in [2.24, 2.45) is 5.92 Å². The maximum Gasteiger partial charge on any atom is 0.146 e. The number of hydrogen-bond donors (Lipinski definition) is 0. The lowest BCUT2D eigenvalue weighted by Crippen LogP contribution is -2.13. The van der Waals surface area contributed by atoms with E-state index in [9.17, 15) is 4.79 Å². The molecule has 64 valence electrons. The molecule has 1 fully saturated rings. The van der Waals surface area contributed by atoms with Gasteiger partial charge in [0.1, 0.15) is 5.78 Å². The molecule has 2 rings (SSSR count). The lowest BCUT2D eigenvalue weighted by atomic mass is 10.0. The Labute approximate surface area is 75.3 Å².